The van der Waals surface area contributed by atoms with Crippen LogP contribution in [0.15, 0.2) is 39.8 Å². The average Bonchev–Trinajstić information content (AvgIpc) is 3.41. The Morgan fingerprint density at radius 3 is 2.94 bits per heavy atom. The number of nitrogens with zero attached hydrogens (tertiary/aromatic N) is 3. The van der Waals surface area contributed by atoms with Crippen LogP contribution in [0.3, 0.4) is 0 Å². The Kier molecular flexibility index (Phi) is 6.66. The number of thiophene rings is 1. The van der Waals surface area contributed by atoms with Crippen LogP contribution in [0.25, 0.3) is 22.2 Å². The number of carbonyl (C=O) groups is 1. The van der Waals surface area contributed by atoms with Gasteiger partial charge in [-0.25, -0.2) is 8.42 Å². The molecule has 1 aliphatic heterocycles. The van der Waals surface area contributed by atoms with E-state index in [1.165, 1.54) is 15.6 Å². The summed E-state index contributed by atoms with van der Waals surface area (Å²) in [5.74, 6) is -0.202. The Hall–Kier alpha value is -2.27. The molecule has 3 heterocycles. The zero-order valence-corrected chi connectivity index (χ0v) is 20.0. The molecule has 170 valence electrons. The minimum absolute atomic E-state index is 0.116. The number of hydrogen-bond donors (Lipinski definition) is 0. The molecule has 1 saturated heterocycles. The first-order valence-corrected chi connectivity index (χ1v) is 12.8. The van der Waals surface area contributed by atoms with Gasteiger partial charge >= 0.3 is 5.97 Å². The van der Waals surface area contributed by atoms with E-state index in [-0.39, 0.29) is 29.9 Å². The average molecular weight is 496 g/mol. The number of sulfonamides is 1. The maximum absolute atomic E-state index is 13.3. The van der Waals surface area contributed by atoms with Crippen molar-refractivity contribution in [1.29, 1.82) is 0 Å². The van der Waals surface area contributed by atoms with Gasteiger partial charge < -0.3 is 9.26 Å². The molecule has 0 radical (unpaired) electrons. The summed E-state index contributed by atoms with van der Waals surface area (Å²) in [6, 6.07) is 8.63. The van der Waals surface area contributed by atoms with Gasteiger partial charge in [0.2, 0.25) is 15.8 Å². The van der Waals surface area contributed by atoms with Crippen LogP contribution in [0.5, 0.6) is 0 Å². The van der Waals surface area contributed by atoms with Crippen molar-refractivity contribution in [2.45, 2.75) is 31.6 Å². The number of hydrogen-bond acceptors (Lipinski definition) is 8. The normalized spacial score (nSPS) is 17.4. The van der Waals surface area contributed by atoms with Crippen molar-refractivity contribution >= 4 is 38.9 Å². The van der Waals surface area contributed by atoms with Gasteiger partial charge in [-0.05, 0) is 44.9 Å². The Morgan fingerprint density at radius 2 is 2.19 bits per heavy atom. The van der Waals surface area contributed by atoms with Gasteiger partial charge in [-0.1, -0.05) is 28.9 Å². The van der Waals surface area contributed by atoms with Gasteiger partial charge in [0.05, 0.1) is 22.3 Å². The minimum Gasteiger partial charge on any atom is -0.466 e. The van der Waals surface area contributed by atoms with Crippen LogP contribution in [0, 0.1) is 12.8 Å². The van der Waals surface area contributed by atoms with Crippen molar-refractivity contribution in [3.63, 3.8) is 0 Å². The highest BCUT2D eigenvalue weighted by Crippen LogP contribution is 2.36. The van der Waals surface area contributed by atoms with E-state index in [0.29, 0.717) is 45.6 Å². The van der Waals surface area contributed by atoms with E-state index in [1.807, 2.05) is 6.07 Å². The van der Waals surface area contributed by atoms with Gasteiger partial charge in [0, 0.05) is 28.6 Å². The third kappa shape index (κ3) is 4.59. The Balaban J connectivity index is 1.59. The summed E-state index contributed by atoms with van der Waals surface area (Å²) in [5, 5.41) is 4.54. The highest BCUT2D eigenvalue weighted by Gasteiger charge is 2.35. The summed E-state index contributed by atoms with van der Waals surface area (Å²) >= 11 is 7.30. The van der Waals surface area contributed by atoms with Crippen LogP contribution in [-0.4, -0.2) is 48.5 Å². The lowest BCUT2D eigenvalue weighted by Crippen LogP contribution is -2.42. The van der Waals surface area contributed by atoms with Crippen molar-refractivity contribution in [3.05, 3.63) is 40.2 Å². The van der Waals surface area contributed by atoms with Crippen molar-refractivity contribution in [2.24, 2.45) is 5.92 Å². The van der Waals surface area contributed by atoms with Crippen molar-refractivity contribution < 1.29 is 22.5 Å². The fourth-order valence-corrected chi connectivity index (χ4v) is 6.84. The second-order valence-corrected chi connectivity index (χ2v) is 11.0. The molecule has 2 aromatic heterocycles. The van der Waals surface area contributed by atoms with E-state index >= 15 is 0 Å². The zero-order chi connectivity index (χ0) is 22.9. The second-order valence-electron chi connectivity index (χ2n) is 7.42. The molecule has 4 rings (SSSR count). The number of aryl methyl sites for hydroxylation is 1. The number of rotatable bonds is 6. The predicted molar refractivity (Wildman–Crippen MR) is 121 cm³/mol. The van der Waals surface area contributed by atoms with Gasteiger partial charge in [-0.15, -0.1) is 11.3 Å². The number of carbonyl (C=O) groups excluding carboxylic acids is 1. The fourth-order valence-electron chi connectivity index (χ4n) is 3.65. The lowest BCUT2D eigenvalue weighted by atomic mass is 10.0. The van der Waals surface area contributed by atoms with E-state index < -0.39 is 15.9 Å². The summed E-state index contributed by atoms with van der Waals surface area (Å²) in [4.78, 5) is 17.9. The fraction of sp³-hybridized carbons (Fsp3) is 0.381. The predicted octanol–water partition coefficient (Wildman–Crippen LogP) is 4.39. The molecular formula is C21H22ClN3O5S2. The van der Waals surface area contributed by atoms with Crippen LogP contribution >= 0.6 is 22.9 Å². The zero-order valence-electron chi connectivity index (χ0n) is 17.6. The molecule has 0 amide bonds. The maximum Gasteiger partial charge on any atom is 0.310 e. The van der Waals surface area contributed by atoms with Crippen LogP contribution < -0.4 is 0 Å². The van der Waals surface area contributed by atoms with Crippen LogP contribution in [0.2, 0.25) is 5.02 Å². The maximum atomic E-state index is 13.3. The molecule has 3 aromatic rings. The smallest absolute Gasteiger partial charge is 0.310 e. The Labute approximate surface area is 195 Å². The first-order chi connectivity index (χ1) is 15.3. The molecule has 0 unspecified atom stereocenters. The first-order valence-electron chi connectivity index (χ1n) is 10.2. The number of esters is 1. The molecular weight excluding hydrogens is 474 g/mol. The highest BCUT2D eigenvalue weighted by molar-refractivity contribution is 7.89. The van der Waals surface area contributed by atoms with Gasteiger partial charge in [0.15, 0.2) is 0 Å². The van der Waals surface area contributed by atoms with Crippen LogP contribution in [0.1, 0.15) is 24.6 Å². The summed E-state index contributed by atoms with van der Waals surface area (Å²) in [6.07, 6.45) is 1.22. The van der Waals surface area contributed by atoms with Crippen LogP contribution in [-0.2, 0) is 19.6 Å². The van der Waals surface area contributed by atoms with E-state index in [1.54, 1.807) is 38.1 Å². The first kappa shape index (κ1) is 22.9. The molecule has 0 saturated carbocycles. The van der Waals surface area contributed by atoms with Gasteiger partial charge in [-0.3, -0.25) is 4.79 Å². The number of halogens is 1. The quantitative estimate of drug-likeness (QED) is 0.467. The molecule has 1 fully saturated rings. The summed E-state index contributed by atoms with van der Waals surface area (Å²) in [5.41, 5.74) is 0.701. The summed E-state index contributed by atoms with van der Waals surface area (Å²) < 4.78 is 38.5. The summed E-state index contributed by atoms with van der Waals surface area (Å²) in [6.45, 7) is 4.23. The van der Waals surface area contributed by atoms with Gasteiger partial charge in [0.25, 0.3) is 5.89 Å². The monoisotopic (exact) mass is 495 g/mol. The van der Waals surface area contributed by atoms with E-state index in [9.17, 15) is 13.2 Å². The van der Waals surface area contributed by atoms with E-state index in [2.05, 4.69) is 10.1 Å². The van der Waals surface area contributed by atoms with Crippen molar-refractivity contribution in [1.82, 2.24) is 14.4 Å². The third-order valence-corrected chi connectivity index (χ3v) is 8.61. The molecule has 8 nitrogen and oxygen atoms in total. The highest BCUT2D eigenvalue weighted by atomic mass is 35.5. The molecule has 0 N–H and O–H groups in total. The third-order valence-electron chi connectivity index (χ3n) is 5.21. The molecule has 1 aliphatic rings. The minimum atomic E-state index is -3.78. The lowest BCUT2D eigenvalue weighted by Gasteiger charge is -2.30. The Bertz CT molecular complexity index is 1240. The Morgan fingerprint density at radius 1 is 1.38 bits per heavy atom. The van der Waals surface area contributed by atoms with E-state index in [0.717, 1.165) is 0 Å². The van der Waals surface area contributed by atoms with Crippen molar-refractivity contribution in [2.75, 3.05) is 19.7 Å². The molecule has 11 heteroatoms. The molecule has 0 spiro atoms. The number of benzene rings is 1. The topological polar surface area (TPSA) is 103 Å². The van der Waals surface area contributed by atoms with Crippen LogP contribution in [0.4, 0.5) is 0 Å². The number of aromatic nitrogens is 2. The molecule has 1 atom stereocenters. The molecule has 32 heavy (non-hydrogen) atoms. The molecule has 0 aliphatic carbocycles. The molecule has 0 bridgehead atoms. The van der Waals surface area contributed by atoms with Gasteiger partial charge in [0.1, 0.15) is 0 Å². The lowest BCUT2D eigenvalue weighted by molar-refractivity contribution is -0.149. The molecule has 1 aromatic carbocycles. The number of ether oxygens (including phenoxy) is 1. The SMILES string of the molecule is CCOC(=O)[C@H]1CCCN(S(=O)(=O)c2cc(-c3nc(-c4cccc(Cl)c4)no3)sc2C)C1. The number of piperidine rings is 1. The second kappa shape index (κ2) is 9.30. The van der Waals surface area contributed by atoms with Crippen molar-refractivity contribution in [3.8, 4) is 22.2 Å². The van der Waals surface area contributed by atoms with E-state index in [4.69, 9.17) is 20.9 Å². The summed E-state index contributed by atoms with van der Waals surface area (Å²) in [7, 11) is -3.78. The standard InChI is InChI=1S/C21H22ClN3O5S2/c1-3-29-21(26)15-7-5-9-25(12-15)32(27,28)18-11-17(31-13(18)2)20-23-19(24-30-20)14-6-4-8-16(22)10-14/h4,6,8,10-11,15H,3,5,7,9,12H2,1-2H3/t15-/m0/s1. The van der Waals surface area contributed by atoms with Gasteiger partial charge in [-0.2, -0.15) is 9.29 Å². The largest absolute Gasteiger partial charge is 0.466 e.